The maximum atomic E-state index is 6.14. The van der Waals surface area contributed by atoms with Crippen LogP contribution in [0.1, 0.15) is 57.1 Å². The van der Waals surface area contributed by atoms with Crippen LogP contribution in [0.3, 0.4) is 0 Å². The molecule has 1 unspecified atom stereocenters. The number of hydrogen-bond donors (Lipinski definition) is 1. The van der Waals surface area contributed by atoms with Crippen LogP contribution in [0.25, 0.3) is 0 Å². The number of benzene rings is 1. The third-order valence-electron chi connectivity index (χ3n) is 5.31. The Kier molecular flexibility index (Phi) is 4.09. The topological polar surface area (TPSA) is 29.3 Å². The fraction of sp³-hybridized carbons (Fsp3) is 0.647. The minimum atomic E-state index is 0.0977. The van der Waals surface area contributed by atoms with Crippen LogP contribution in [0.2, 0.25) is 0 Å². The van der Waals surface area contributed by atoms with E-state index >= 15 is 0 Å². The zero-order valence-electron chi connectivity index (χ0n) is 12.4. The van der Waals surface area contributed by atoms with E-state index in [0.717, 1.165) is 4.47 Å². The highest BCUT2D eigenvalue weighted by molar-refractivity contribution is 9.10. The minimum absolute atomic E-state index is 0.0977. The second kappa shape index (κ2) is 5.69. The van der Waals surface area contributed by atoms with Crippen LogP contribution in [0.15, 0.2) is 22.7 Å². The van der Waals surface area contributed by atoms with Gasteiger partial charge >= 0.3 is 0 Å². The van der Waals surface area contributed by atoms with Crippen LogP contribution in [-0.4, -0.2) is 13.1 Å². The van der Waals surface area contributed by atoms with Crippen molar-refractivity contribution in [2.75, 3.05) is 18.0 Å². The molecule has 3 heteroatoms. The molecule has 0 aromatic heterocycles. The number of rotatable bonds is 2. The smallest absolute Gasteiger partial charge is 0.0425 e. The molecule has 20 heavy (non-hydrogen) atoms. The number of anilines is 1. The van der Waals surface area contributed by atoms with Crippen molar-refractivity contribution in [2.24, 2.45) is 11.1 Å². The van der Waals surface area contributed by atoms with E-state index in [-0.39, 0.29) is 6.04 Å². The van der Waals surface area contributed by atoms with Gasteiger partial charge in [0.1, 0.15) is 0 Å². The molecule has 110 valence electrons. The van der Waals surface area contributed by atoms with Crippen molar-refractivity contribution >= 4 is 21.6 Å². The summed E-state index contributed by atoms with van der Waals surface area (Å²) in [5.74, 6) is 0. The van der Waals surface area contributed by atoms with E-state index in [0.29, 0.717) is 5.41 Å². The third kappa shape index (κ3) is 2.75. The molecule has 2 fully saturated rings. The van der Waals surface area contributed by atoms with Gasteiger partial charge in [0.25, 0.3) is 0 Å². The van der Waals surface area contributed by atoms with Gasteiger partial charge in [0, 0.05) is 29.3 Å². The average Bonchev–Trinajstić information content (AvgIpc) is 2.87. The predicted octanol–water partition coefficient (Wildman–Crippen LogP) is 4.63. The van der Waals surface area contributed by atoms with Gasteiger partial charge in [-0.1, -0.05) is 34.8 Å². The number of hydrogen-bond acceptors (Lipinski definition) is 2. The molecule has 1 aromatic rings. The Morgan fingerprint density at radius 3 is 2.40 bits per heavy atom. The van der Waals surface area contributed by atoms with E-state index < -0.39 is 0 Å². The summed E-state index contributed by atoms with van der Waals surface area (Å²) >= 11 is 3.60. The van der Waals surface area contributed by atoms with Gasteiger partial charge in [0.2, 0.25) is 0 Å². The molecule has 0 amide bonds. The second-order valence-electron chi connectivity index (χ2n) is 6.69. The van der Waals surface area contributed by atoms with Crippen molar-refractivity contribution in [1.29, 1.82) is 0 Å². The molecule has 0 bridgehead atoms. The van der Waals surface area contributed by atoms with Gasteiger partial charge in [-0.15, -0.1) is 0 Å². The Morgan fingerprint density at radius 2 is 1.80 bits per heavy atom. The maximum Gasteiger partial charge on any atom is 0.0425 e. The molecule has 1 heterocycles. The quantitative estimate of drug-likeness (QED) is 0.853. The fourth-order valence-electron chi connectivity index (χ4n) is 4.02. The summed E-state index contributed by atoms with van der Waals surface area (Å²) in [6, 6.07) is 6.61. The van der Waals surface area contributed by atoms with Crippen LogP contribution < -0.4 is 10.6 Å². The Hall–Kier alpha value is -0.540. The Morgan fingerprint density at radius 1 is 1.15 bits per heavy atom. The van der Waals surface area contributed by atoms with Gasteiger partial charge in [0.15, 0.2) is 0 Å². The van der Waals surface area contributed by atoms with E-state index in [9.17, 15) is 0 Å². The number of nitrogens with two attached hydrogens (primary N) is 1. The molecule has 1 aromatic carbocycles. The average molecular weight is 337 g/mol. The summed E-state index contributed by atoms with van der Waals surface area (Å²) in [4.78, 5) is 2.55. The van der Waals surface area contributed by atoms with E-state index in [2.05, 4.69) is 46.0 Å². The SMILES string of the molecule is CC(N)c1ccc(Br)cc1N1CCC2(CCCC2)CC1. The number of halogens is 1. The maximum absolute atomic E-state index is 6.14. The number of nitrogens with zero attached hydrogens (tertiary/aromatic N) is 1. The van der Waals surface area contributed by atoms with E-state index in [4.69, 9.17) is 5.73 Å². The first-order valence-electron chi connectivity index (χ1n) is 7.90. The van der Waals surface area contributed by atoms with Gasteiger partial charge in [-0.25, -0.2) is 0 Å². The number of piperidine rings is 1. The molecule has 3 rings (SSSR count). The molecule has 0 radical (unpaired) electrons. The van der Waals surface area contributed by atoms with Gasteiger partial charge in [-0.3, -0.25) is 0 Å². The van der Waals surface area contributed by atoms with Crippen LogP contribution in [0.5, 0.6) is 0 Å². The summed E-state index contributed by atoms with van der Waals surface area (Å²) in [5, 5.41) is 0. The highest BCUT2D eigenvalue weighted by atomic mass is 79.9. The van der Waals surface area contributed by atoms with E-state index in [1.807, 2.05) is 0 Å². The molecule has 1 saturated heterocycles. The van der Waals surface area contributed by atoms with Crippen molar-refractivity contribution in [1.82, 2.24) is 0 Å². The first-order chi connectivity index (χ1) is 9.60. The van der Waals surface area contributed by atoms with E-state index in [1.165, 1.54) is 62.9 Å². The normalized spacial score (nSPS) is 23.2. The lowest BCUT2D eigenvalue weighted by molar-refractivity contribution is 0.226. The van der Waals surface area contributed by atoms with Gasteiger partial charge in [0.05, 0.1) is 0 Å². The van der Waals surface area contributed by atoms with Crippen LogP contribution in [0, 0.1) is 5.41 Å². The molecular formula is C17H25BrN2. The van der Waals surface area contributed by atoms with Crippen molar-refractivity contribution < 1.29 is 0 Å². The highest BCUT2D eigenvalue weighted by Crippen LogP contribution is 2.47. The Balaban J connectivity index is 1.79. The predicted molar refractivity (Wildman–Crippen MR) is 89.1 cm³/mol. The van der Waals surface area contributed by atoms with Crippen molar-refractivity contribution in [3.8, 4) is 0 Å². The molecule has 1 aliphatic heterocycles. The lowest BCUT2D eigenvalue weighted by atomic mass is 9.77. The molecule has 2 aliphatic rings. The highest BCUT2D eigenvalue weighted by Gasteiger charge is 2.37. The standard InChI is InChI=1S/C17H25BrN2/c1-13(19)15-5-4-14(18)12-16(15)20-10-8-17(9-11-20)6-2-3-7-17/h4-5,12-13H,2-3,6-11,19H2,1H3. The largest absolute Gasteiger partial charge is 0.371 e. The fourth-order valence-corrected chi connectivity index (χ4v) is 4.37. The van der Waals surface area contributed by atoms with Gasteiger partial charge in [-0.2, -0.15) is 0 Å². The molecule has 1 saturated carbocycles. The molecule has 1 aliphatic carbocycles. The molecule has 1 atom stereocenters. The summed E-state index contributed by atoms with van der Waals surface area (Å²) in [7, 11) is 0. The first kappa shape index (κ1) is 14.4. The van der Waals surface area contributed by atoms with Crippen LogP contribution in [0.4, 0.5) is 5.69 Å². The summed E-state index contributed by atoms with van der Waals surface area (Å²) in [5.41, 5.74) is 9.43. The van der Waals surface area contributed by atoms with Crippen molar-refractivity contribution in [3.63, 3.8) is 0 Å². The summed E-state index contributed by atoms with van der Waals surface area (Å²) in [6.45, 7) is 4.46. The van der Waals surface area contributed by atoms with Gasteiger partial charge in [-0.05, 0) is 55.7 Å². The first-order valence-corrected chi connectivity index (χ1v) is 8.69. The molecule has 2 N–H and O–H groups in total. The third-order valence-corrected chi connectivity index (χ3v) is 5.81. The zero-order valence-corrected chi connectivity index (χ0v) is 14.0. The Labute approximate surface area is 130 Å². The van der Waals surface area contributed by atoms with Crippen LogP contribution in [-0.2, 0) is 0 Å². The molecule has 2 nitrogen and oxygen atoms in total. The zero-order chi connectivity index (χ0) is 14.2. The minimum Gasteiger partial charge on any atom is -0.371 e. The Bertz CT molecular complexity index is 468. The van der Waals surface area contributed by atoms with Gasteiger partial charge < -0.3 is 10.6 Å². The van der Waals surface area contributed by atoms with Crippen molar-refractivity contribution in [3.05, 3.63) is 28.2 Å². The van der Waals surface area contributed by atoms with E-state index in [1.54, 1.807) is 0 Å². The van der Waals surface area contributed by atoms with Crippen LogP contribution >= 0.6 is 15.9 Å². The second-order valence-corrected chi connectivity index (χ2v) is 7.60. The summed E-state index contributed by atoms with van der Waals surface area (Å²) in [6.07, 6.45) is 8.53. The monoisotopic (exact) mass is 336 g/mol. The van der Waals surface area contributed by atoms with Crippen molar-refractivity contribution in [2.45, 2.75) is 51.5 Å². The lowest BCUT2D eigenvalue weighted by Crippen LogP contribution is -2.39. The molecular weight excluding hydrogens is 312 g/mol. The molecule has 1 spiro atoms. The summed E-state index contributed by atoms with van der Waals surface area (Å²) < 4.78 is 1.15. The lowest BCUT2D eigenvalue weighted by Gasteiger charge is -2.41.